The summed E-state index contributed by atoms with van der Waals surface area (Å²) >= 11 is 0. The highest BCUT2D eigenvalue weighted by atomic mass is 16.5. The molecule has 0 aliphatic heterocycles. The monoisotopic (exact) mass is 354 g/mol. The van der Waals surface area contributed by atoms with Crippen molar-refractivity contribution in [3.8, 4) is 5.75 Å². The van der Waals surface area contributed by atoms with Crippen LogP contribution in [0.25, 0.3) is 0 Å². The minimum Gasteiger partial charge on any atom is -0.494 e. The lowest BCUT2D eigenvalue weighted by Gasteiger charge is -2.18. The quantitative estimate of drug-likeness (QED) is 0.792. The van der Waals surface area contributed by atoms with Crippen LogP contribution in [0.3, 0.4) is 0 Å². The van der Waals surface area contributed by atoms with Gasteiger partial charge in [-0.1, -0.05) is 30.3 Å². The molecule has 2 rings (SSSR count). The van der Waals surface area contributed by atoms with Gasteiger partial charge >= 0.3 is 0 Å². The zero-order chi connectivity index (χ0) is 18.9. The summed E-state index contributed by atoms with van der Waals surface area (Å²) in [5.74, 6) is 0.665. The van der Waals surface area contributed by atoms with Crippen molar-refractivity contribution in [2.24, 2.45) is 0 Å². The molecule has 0 saturated heterocycles. The Morgan fingerprint density at radius 2 is 1.77 bits per heavy atom. The van der Waals surface area contributed by atoms with Crippen molar-refractivity contribution in [3.63, 3.8) is 0 Å². The third-order valence-corrected chi connectivity index (χ3v) is 4.09. The van der Waals surface area contributed by atoms with E-state index >= 15 is 0 Å². The first kappa shape index (κ1) is 19.5. The summed E-state index contributed by atoms with van der Waals surface area (Å²) in [7, 11) is 1.77. The van der Waals surface area contributed by atoms with Crippen molar-refractivity contribution >= 4 is 11.8 Å². The number of ether oxygens (including phenoxy) is 1. The van der Waals surface area contributed by atoms with Gasteiger partial charge in [0.1, 0.15) is 5.75 Å². The highest BCUT2D eigenvalue weighted by molar-refractivity contribution is 5.95. The zero-order valence-electron chi connectivity index (χ0n) is 15.6. The molecule has 0 unspecified atom stereocenters. The molecular weight excluding hydrogens is 328 g/mol. The fraction of sp³-hybridized carbons (Fsp3) is 0.333. The SMILES string of the molecule is CCOc1ccc(CN(C)C(=O)CCNC(=O)c2ccccc2C)cc1. The van der Waals surface area contributed by atoms with E-state index in [2.05, 4.69) is 5.32 Å². The highest BCUT2D eigenvalue weighted by Gasteiger charge is 2.12. The van der Waals surface area contributed by atoms with Crippen molar-refractivity contribution in [1.29, 1.82) is 0 Å². The Morgan fingerprint density at radius 3 is 2.42 bits per heavy atom. The van der Waals surface area contributed by atoms with E-state index in [0.717, 1.165) is 16.9 Å². The molecule has 0 saturated carbocycles. The van der Waals surface area contributed by atoms with Gasteiger partial charge in [0.25, 0.3) is 5.91 Å². The topological polar surface area (TPSA) is 58.6 Å². The molecule has 2 aromatic carbocycles. The zero-order valence-corrected chi connectivity index (χ0v) is 15.6. The average Bonchev–Trinajstić information content (AvgIpc) is 2.63. The van der Waals surface area contributed by atoms with E-state index in [-0.39, 0.29) is 18.2 Å². The van der Waals surface area contributed by atoms with Crippen molar-refractivity contribution in [3.05, 3.63) is 65.2 Å². The van der Waals surface area contributed by atoms with Crippen LogP contribution in [0.2, 0.25) is 0 Å². The molecule has 1 N–H and O–H groups in total. The minimum absolute atomic E-state index is 0.0102. The number of hydrogen-bond acceptors (Lipinski definition) is 3. The largest absolute Gasteiger partial charge is 0.494 e. The predicted octanol–water partition coefficient (Wildman–Crippen LogP) is 3.17. The summed E-state index contributed by atoms with van der Waals surface area (Å²) in [5.41, 5.74) is 2.60. The molecule has 0 fully saturated rings. The molecule has 0 heterocycles. The standard InChI is InChI=1S/C21H26N2O3/c1-4-26-18-11-9-17(10-12-18)15-23(3)20(24)13-14-22-21(25)19-8-6-5-7-16(19)2/h5-12H,4,13-15H2,1-3H3,(H,22,25). The van der Waals surface area contributed by atoms with Gasteiger partial charge in [0.15, 0.2) is 0 Å². The molecule has 0 aromatic heterocycles. The predicted molar refractivity (Wildman–Crippen MR) is 102 cm³/mol. The van der Waals surface area contributed by atoms with Gasteiger partial charge in [-0.2, -0.15) is 0 Å². The first-order chi connectivity index (χ1) is 12.5. The lowest BCUT2D eigenvalue weighted by atomic mass is 10.1. The molecule has 0 aliphatic carbocycles. The van der Waals surface area contributed by atoms with Crippen LogP contribution in [-0.2, 0) is 11.3 Å². The molecule has 138 valence electrons. The van der Waals surface area contributed by atoms with Crippen LogP contribution in [0.4, 0.5) is 0 Å². The Morgan fingerprint density at radius 1 is 1.08 bits per heavy atom. The molecule has 26 heavy (non-hydrogen) atoms. The summed E-state index contributed by atoms with van der Waals surface area (Å²) in [4.78, 5) is 26.1. The number of nitrogens with one attached hydrogen (secondary N) is 1. The lowest BCUT2D eigenvalue weighted by Crippen LogP contribution is -2.32. The third kappa shape index (κ3) is 5.62. The number of carbonyl (C=O) groups excluding carboxylic acids is 2. The van der Waals surface area contributed by atoms with Gasteiger partial charge in [-0.15, -0.1) is 0 Å². The maximum atomic E-state index is 12.3. The maximum Gasteiger partial charge on any atom is 0.251 e. The van der Waals surface area contributed by atoms with Crippen LogP contribution in [0.15, 0.2) is 48.5 Å². The Hall–Kier alpha value is -2.82. The van der Waals surface area contributed by atoms with Gasteiger partial charge in [0, 0.05) is 32.1 Å². The summed E-state index contributed by atoms with van der Waals surface area (Å²) in [6.07, 6.45) is 0.269. The van der Waals surface area contributed by atoms with E-state index < -0.39 is 0 Å². The van der Waals surface area contributed by atoms with E-state index in [4.69, 9.17) is 4.74 Å². The Kier molecular flexibility index (Phi) is 7.21. The third-order valence-electron chi connectivity index (χ3n) is 4.09. The van der Waals surface area contributed by atoms with E-state index in [1.54, 1.807) is 18.0 Å². The van der Waals surface area contributed by atoms with E-state index in [1.807, 2.05) is 56.3 Å². The van der Waals surface area contributed by atoms with E-state index in [0.29, 0.717) is 25.3 Å². The number of nitrogens with zero attached hydrogens (tertiary/aromatic N) is 1. The average molecular weight is 354 g/mol. The smallest absolute Gasteiger partial charge is 0.251 e. The molecule has 0 spiro atoms. The van der Waals surface area contributed by atoms with Crippen LogP contribution in [0.5, 0.6) is 5.75 Å². The Balaban J connectivity index is 1.78. The number of benzene rings is 2. The number of amides is 2. The Bertz CT molecular complexity index is 741. The Labute approximate surface area is 155 Å². The van der Waals surface area contributed by atoms with Crippen LogP contribution in [0, 0.1) is 6.92 Å². The molecule has 0 bridgehead atoms. The van der Waals surface area contributed by atoms with Crippen LogP contribution in [-0.4, -0.2) is 36.9 Å². The van der Waals surface area contributed by atoms with Gasteiger partial charge in [-0.05, 0) is 43.2 Å². The first-order valence-corrected chi connectivity index (χ1v) is 8.80. The summed E-state index contributed by atoms with van der Waals surface area (Å²) in [5, 5.41) is 2.81. The van der Waals surface area contributed by atoms with Gasteiger partial charge in [-0.25, -0.2) is 0 Å². The van der Waals surface area contributed by atoms with Crippen LogP contribution in [0.1, 0.15) is 34.8 Å². The first-order valence-electron chi connectivity index (χ1n) is 8.80. The fourth-order valence-electron chi connectivity index (χ4n) is 2.62. The van der Waals surface area contributed by atoms with Crippen molar-refractivity contribution in [2.45, 2.75) is 26.8 Å². The lowest BCUT2D eigenvalue weighted by molar-refractivity contribution is -0.130. The molecule has 0 radical (unpaired) electrons. The summed E-state index contributed by atoms with van der Waals surface area (Å²) < 4.78 is 5.41. The number of aryl methyl sites for hydroxylation is 1. The van der Waals surface area contributed by atoms with Gasteiger partial charge in [0.2, 0.25) is 5.91 Å². The molecule has 0 atom stereocenters. The highest BCUT2D eigenvalue weighted by Crippen LogP contribution is 2.13. The molecular formula is C21H26N2O3. The van der Waals surface area contributed by atoms with Gasteiger partial charge < -0.3 is 15.0 Å². The van der Waals surface area contributed by atoms with Crippen molar-refractivity contribution < 1.29 is 14.3 Å². The number of carbonyl (C=O) groups is 2. The van der Waals surface area contributed by atoms with Gasteiger partial charge in [0.05, 0.1) is 6.61 Å². The second-order valence-corrected chi connectivity index (χ2v) is 6.15. The number of hydrogen-bond donors (Lipinski definition) is 1. The van der Waals surface area contributed by atoms with E-state index in [9.17, 15) is 9.59 Å². The molecule has 2 amide bonds. The minimum atomic E-state index is -0.148. The molecule has 2 aromatic rings. The number of rotatable bonds is 8. The maximum absolute atomic E-state index is 12.3. The summed E-state index contributed by atoms with van der Waals surface area (Å²) in [6.45, 7) is 5.31. The van der Waals surface area contributed by atoms with E-state index in [1.165, 1.54) is 0 Å². The van der Waals surface area contributed by atoms with Crippen molar-refractivity contribution in [2.75, 3.05) is 20.2 Å². The molecule has 0 aliphatic rings. The summed E-state index contributed by atoms with van der Waals surface area (Å²) in [6, 6.07) is 15.1. The van der Waals surface area contributed by atoms with Gasteiger partial charge in [-0.3, -0.25) is 9.59 Å². The second kappa shape index (κ2) is 9.61. The molecule has 5 heteroatoms. The van der Waals surface area contributed by atoms with Crippen LogP contribution < -0.4 is 10.1 Å². The second-order valence-electron chi connectivity index (χ2n) is 6.15. The fourth-order valence-corrected chi connectivity index (χ4v) is 2.62. The normalized spacial score (nSPS) is 10.3. The van der Waals surface area contributed by atoms with Crippen LogP contribution >= 0.6 is 0 Å². The molecule has 5 nitrogen and oxygen atoms in total. The van der Waals surface area contributed by atoms with Crippen molar-refractivity contribution in [1.82, 2.24) is 10.2 Å².